The van der Waals surface area contributed by atoms with Gasteiger partial charge in [0.1, 0.15) is 11.3 Å². The van der Waals surface area contributed by atoms with E-state index in [4.69, 9.17) is 9.84 Å². The van der Waals surface area contributed by atoms with Crippen molar-refractivity contribution in [2.45, 2.75) is 0 Å². The van der Waals surface area contributed by atoms with E-state index in [2.05, 4.69) is 9.47 Å². The molecule has 1 rings (SSSR count). The number of carboxylic acids is 1. The van der Waals surface area contributed by atoms with Gasteiger partial charge in [-0.3, -0.25) is 0 Å². The summed E-state index contributed by atoms with van der Waals surface area (Å²) in [5, 5.41) is 8.88. The molecule has 0 heterocycles. The topological polar surface area (TPSA) is 99.1 Å². The van der Waals surface area contributed by atoms with Crippen LogP contribution in [0, 0.1) is 0 Å². The highest BCUT2D eigenvalue weighted by molar-refractivity contribution is 5.91. The maximum absolute atomic E-state index is 11.2. The van der Waals surface area contributed by atoms with Gasteiger partial charge in [-0.25, -0.2) is 14.4 Å². The molecule has 0 unspecified atom stereocenters. The van der Waals surface area contributed by atoms with E-state index in [0.29, 0.717) is 0 Å². The van der Waals surface area contributed by atoms with E-state index in [1.807, 2.05) is 0 Å². The molecule has 0 aliphatic carbocycles. The van der Waals surface area contributed by atoms with Gasteiger partial charge < -0.3 is 19.3 Å². The molecule has 102 valence electrons. The lowest BCUT2D eigenvalue weighted by Crippen LogP contribution is -2.20. The summed E-state index contributed by atoms with van der Waals surface area (Å²) in [6.45, 7) is -1.01. The lowest BCUT2D eigenvalue weighted by atomic mass is 10.2. The van der Waals surface area contributed by atoms with Gasteiger partial charge in [-0.1, -0.05) is 12.1 Å². The van der Waals surface area contributed by atoms with Crippen LogP contribution in [0.5, 0.6) is 5.75 Å². The number of carbonyl (C=O) groups excluding carboxylic acids is 2. The Morgan fingerprint density at radius 3 is 2.42 bits per heavy atom. The molecule has 0 spiro atoms. The number of hydrogen-bond acceptors (Lipinski definition) is 6. The second kappa shape index (κ2) is 7.00. The monoisotopic (exact) mass is 268 g/mol. The summed E-state index contributed by atoms with van der Waals surface area (Å²) in [6, 6.07) is 5.86. The minimum absolute atomic E-state index is 0.0463. The minimum Gasteiger partial charge on any atom is -0.481 e. The number of carbonyl (C=O) groups is 3. The molecule has 19 heavy (non-hydrogen) atoms. The standard InChI is InChI=1S/C12H12O7/c1-17-10(13)6-19-11(14)7-18-9-5-3-2-4-8(9)12(15)16/h2-5H,6-7H2,1H3,(H,15,16). The van der Waals surface area contributed by atoms with Crippen LogP contribution in [-0.2, 0) is 19.1 Å². The molecule has 0 bridgehead atoms. The third kappa shape index (κ3) is 4.66. The van der Waals surface area contributed by atoms with Gasteiger partial charge in [0.2, 0.25) is 0 Å². The maximum Gasteiger partial charge on any atom is 0.344 e. The molecule has 0 amide bonds. The first-order chi connectivity index (χ1) is 9.04. The lowest BCUT2D eigenvalue weighted by molar-refractivity contribution is -0.158. The van der Waals surface area contributed by atoms with E-state index in [1.54, 1.807) is 6.07 Å². The van der Waals surface area contributed by atoms with Crippen LogP contribution in [0.15, 0.2) is 24.3 Å². The average Bonchev–Trinajstić information content (AvgIpc) is 2.42. The van der Waals surface area contributed by atoms with E-state index in [0.717, 1.165) is 7.11 Å². The predicted molar refractivity (Wildman–Crippen MR) is 61.9 cm³/mol. The van der Waals surface area contributed by atoms with E-state index < -0.39 is 31.1 Å². The van der Waals surface area contributed by atoms with Crippen molar-refractivity contribution in [2.24, 2.45) is 0 Å². The molecule has 1 N–H and O–H groups in total. The first kappa shape index (κ1) is 14.5. The third-order valence-electron chi connectivity index (χ3n) is 2.04. The van der Waals surface area contributed by atoms with Crippen molar-refractivity contribution in [1.29, 1.82) is 0 Å². The third-order valence-corrected chi connectivity index (χ3v) is 2.04. The number of methoxy groups -OCH3 is 1. The number of hydrogen-bond donors (Lipinski definition) is 1. The Morgan fingerprint density at radius 2 is 1.79 bits per heavy atom. The van der Waals surface area contributed by atoms with Crippen molar-refractivity contribution in [2.75, 3.05) is 20.3 Å². The Kier molecular flexibility index (Phi) is 5.34. The Balaban J connectivity index is 2.51. The highest BCUT2D eigenvalue weighted by Gasteiger charge is 2.13. The highest BCUT2D eigenvalue weighted by Crippen LogP contribution is 2.17. The zero-order chi connectivity index (χ0) is 14.3. The molecule has 0 aliphatic heterocycles. The molecule has 1 aromatic carbocycles. The fraction of sp³-hybridized carbons (Fsp3) is 0.250. The van der Waals surface area contributed by atoms with Crippen LogP contribution in [0.4, 0.5) is 0 Å². The summed E-state index contributed by atoms with van der Waals surface area (Å²) in [4.78, 5) is 32.8. The van der Waals surface area contributed by atoms with Crippen LogP contribution < -0.4 is 4.74 Å². The van der Waals surface area contributed by atoms with Gasteiger partial charge in [-0.15, -0.1) is 0 Å². The van der Waals surface area contributed by atoms with Crippen molar-refractivity contribution in [3.63, 3.8) is 0 Å². The molecule has 1 aromatic rings. The van der Waals surface area contributed by atoms with E-state index >= 15 is 0 Å². The molecule has 0 radical (unpaired) electrons. The zero-order valence-electron chi connectivity index (χ0n) is 10.1. The first-order valence-corrected chi connectivity index (χ1v) is 5.22. The summed E-state index contributed by atoms with van der Waals surface area (Å²) in [5.41, 5.74) is -0.0664. The van der Waals surface area contributed by atoms with Crippen molar-refractivity contribution < 1.29 is 33.7 Å². The summed E-state index contributed by atoms with van der Waals surface area (Å²) in [6.07, 6.45) is 0. The molecular weight excluding hydrogens is 256 g/mol. The van der Waals surface area contributed by atoms with Gasteiger partial charge in [0.15, 0.2) is 13.2 Å². The number of ether oxygens (including phenoxy) is 3. The number of rotatable bonds is 6. The van der Waals surface area contributed by atoms with Crippen molar-refractivity contribution in [3.05, 3.63) is 29.8 Å². The van der Waals surface area contributed by atoms with Gasteiger partial charge >= 0.3 is 17.9 Å². The van der Waals surface area contributed by atoms with E-state index in [9.17, 15) is 14.4 Å². The summed E-state index contributed by atoms with van der Waals surface area (Å²) in [7, 11) is 1.16. The molecule has 0 saturated carbocycles. The molecule has 0 aromatic heterocycles. The normalized spacial score (nSPS) is 9.53. The Bertz CT molecular complexity index is 481. The van der Waals surface area contributed by atoms with E-state index in [-0.39, 0.29) is 11.3 Å². The highest BCUT2D eigenvalue weighted by atomic mass is 16.6. The van der Waals surface area contributed by atoms with Crippen LogP contribution in [0.25, 0.3) is 0 Å². The lowest BCUT2D eigenvalue weighted by Gasteiger charge is -2.08. The molecular formula is C12H12O7. The quantitative estimate of drug-likeness (QED) is 0.749. The first-order valence-electron chi connectivity index (χ1n) is 5.22. The number of benzene rings is 1. The second-order valence-corrected chi connectivity index (χ2v) is 3.33. The molecule has 7 heteroatoms. The van der Waals surface area contributed by atoms with Gasteiger partial charge in [0.25, 0.3) is 0 Å². The van der Waals surface area contributed by atoms with Crippen molar-refractivity contribution in [1.82, 2.24) is 0 Å². The van der Waals surface area contributed by atoms with E-state index in [1.165, 1.54) is 18.2 Å². The van der Waals surface area contributed by atoms with Crippen molar-refractivity contribution >= 4 is 17.9 Å². The van der Waals surface area contributed by atoms with Gasteiger partial charge in [-0.2, -0.15) is 0 Å². The van der Waals surface area contributed by atoms with Crippen LogP contribution in [-0.4, -0.2) is 43.3 Å². The molecule has 7 nitrogen and oxygen atoms in total. The van der Waals surface area contributed by atoms with Gasteiger partial charge in [0.05, 0.1) is 7.11 Å². The summed E-state index contributed by atoms with van der Waals surface area (Å²) in [5.74, 6) is -2.62. The van der Waals surface area contributed by atoms with Gasteiger partial charge in [0, 0.05) is 0 Å². The van der Waals surface area contributed by atoms with Crippen LogP contribution >= 0.6 is 0 Å². The number of aromatic carboxylic acids is 1. The fourth-order valence-corrected chi connectivity index (χ4v) is 1.15. The van der Waals surface area contributed by atoms with Crippen LogP contribution in [0.2, 0.25) is 0 Å². The Hall–Kier alpha value is -2.57. The number of carboxylic acid groups (broad SMARTS) is 1. The summed E-state index contributed by atoms with van der Waals surface area (Å²) < 4.78 is 13.8. The Labute approximate surface area is 108 Å². The second-order valence-electron chi connectivity index (χ2n) is 3.33. The predicted octanol–water partition coefficient (Wildman–Crippen LogP) is 0.480. The van der Waals surface area contributed by atoms with Crippen LogP contribution in [0.3, 0.4) is 0 Å². The Morgan fingerprint density at radius 1 is 1.11 bits per heavy atom. The number of esters is 2. The van der Waals surface area contributed by atoms with Gasteiger partial charge in [-0.05, 0) is 12.1 Å². The number of para-hydroxylation sites is 1. The minimum atomic E-state index is -1.17. The molecule has 0 aliphatic rings. The van der Waals surface area contributed by atoms with Crippen LogP contribution in [0.1, 0.15) is 10.4 Å². The average molecular weight is 268 g/mol. The SMILES string of the molecule is COC(=O)COC(=O)COc1ccccc1C(=O)O. The zero-order valence-corrected chi connectivity index (χ0v) is 10.1. The smallest absolute Gasteiger partial charge is 0.344 e. The molecule has 0 atom stereocenters. The fourth-order valence-electron chi connectivity index (χ4n) is 1.15. The largest absolute Gasteiger partial charge is 0.481 e. The summed E-state index contributed by atoms with van der Waals surface area (Å²) >= 11 is 0. The maximum atomic E-state index is 11.2. The van der Waals surface area contributed by atoms with Crippen molar-refractivity contribution in [3.8, 4) is 5.75 Å². The molecule has 0 fully saturated rings. The molecule has 0 saturated heterocycles.